The Labute approximate surface area is 136 Å². The van der Waals surface area contributed by atoms with Crippen molar-refractivity contribution in [2.24, 2.45) is 0 Å². The molecular formula is C15H15BrClNOS. The van der Waals surface area contributed by atoms with E-state index in [2.05, 4.69) is 15.9 Å². The molecule has 1 aromatic carbocycles. The molecule has 1 amide bonds. The molecular weight excluding hydrogens is 358 g/mol. The van der Waals surface area contributed by atoms with Crippen LogP contribution in [0.5, 0.6) is 0 Å². The van der Waals surface area contributed by atoms with Crippen LogP contribution in [0.15, 0.2) is 36.4 Å². The van der Waals surface area contributed by atoms with Crippen molar-refractivity contribution in [3.63, 3.8) is 0 Å². The summed E-state index contributed by atoms with van der Waals surface area (Å²) in [7, 11) is 0. The number of nitrogens with zero attached hydrogens (tertiary/aromatic N) is 1. The largest absolute Gasteiger partial charge is 0.334 e. The van der Waals surface area contributed by atoms with Crippen LogP contribution in [0.25, 0.3) is 0 Å². The van der Waals surface area contributed by atoms with Crippen LogP contribution in [-0.2, 0) is 11.9 Å². The minimum atomic E-state index is 0.0538. The van der Waals surface area contributed by atoms with E-state index < -0.39 is 0 Å². The molecule has 2 rings (SSSR count). The van der Waals surface area contributed by atoms with Crippen molar-refractivity contribution in [2.75, 3.05) is 6.54 Å². The number of hydrogen-bond donors (Lipinski definition) is 0. The number of amides is 1. The summed E-state index contributed by atoms with van der Waals surface area (Å²) in [6.07, 6.45) is 0. The van der Waals surface area contributed by atoms with Crippen LogP contribution in [0, 0.1) is 0 Å². The first-order valence-corrected chi connectivity index (χ1v) is 8.64. The second-order valence-corrected chi connectivity index (χ2v) is 6.72. The van der Waals surface area contributed by atoms with Crippen molar-refractivity contribution in [3.8, 4) is 0 Å². The molecule has 0 aliphatic heterocycles. The summed E-state index contributed by atoms with van der Waals surface area (Å²) in [5.74, 6) is 0.0538. The minimum Gasteiger partial charge on any atom is -0.334 e. The van der Waals surface area contributed by atoms with Gasteiger partial charge < -0.3 is 4.90 Å². The van der Waals surface area contributed by atoms with E-state index in [9.17, 15) is 4.79 Å². The molecule has 106 valence electrons. The number of carbonyl (C=O) groups excluding carboxylic acids is 1. The number of hydrogen-bond acceptors (Lipinski definition) is 2. The molecule has 2 nitrogen and oxygen atoms in total. The molecule has 0 atom stereocenters. The SMILES string of the molecule is CCN(Cc1ccc(Cl)s1)C(=O)c1ccc(CBr)cc1. The van der Waals surface area contributed by atoms with Gasteiger partial charge in [-0.2, -0.15) is 0 Å². The number of thiophene rings is 1. The first-order valence-electron chi connectivity index (χ1n) is 6.32. The molecule has 1 aromatic heterocycles. The molecule has 0 aliphatic carbocycles. The maximum Gasteiger partial charge on any atom is 0.254 e. The molecule has 2 aromatic rings. The Morgan fingerprint density at radius 3 is 2.45 bits per heavy atom. The fraction of sp³-hybridized carbons (Fsp3) is 0.267. The van der Waals surface area contributed by atoms with E-state index in [1.807, 2.05) is 48.2 Å². The van der Waals surface area contributed by atoms with E-state index in [-0.39, 0.29) is 5.91 Å². The van der Waals surface area contributed by atoms with Crippen molar-refractivity contribution in [1.82, 2.24) is 4.90 Å². The van der Waals surface area contributed by atoms with Gasteiger partial charge in [-0.25, -0.2) is 0 Å². The summed E-state index contributed by atoms with van der Waals surface area (Å²) >= 11 is 10.8. The Bertz CT molecular complexity index is 582. The highest BCUT2D eigenvalue weighted by Gasteiger charge is 2.15. The van der Waals surface area contributed by atoms with Gasteiger partial charge in [-0.1, -0.05) is 39.7 Å². The van der Waals surface area contributed by atoms with Crippen molar-refractivity contribution >= 4 is 44.8 Å². The van der Waals surface area contributed by atoms with E-state index in [1.165, 1.54) is 11.3 Å². The summed E-state index contributed by atoms with van der Waals surface area (Å²) in [5, 5.41) is 0.798. The van der Waals surface area contributed by atoms with Gasteiger partial charge in [0, 0.05) is 22.3 Å². The van der Waals surface area contributed by atoms with Gasteiger partial charge in [-0.05, 0) is 36.8 Å². The summed E-state index contributed by atoms with van der Waals surface area (Å²) in [5.41, 5.74) is 1.88. The second kappa shape index (κ2) is 7.25. The summed E-state index contributed by atoms with van der Waals surface area (Å²) in [4.78, 5) is 15.4. The fourth-order valence-electron chi connectivity index (χ4n) is 1.87. The average molecular weight is 373 g/mol. The summed E-state index contributed by atoms with van der Waals surface area (Å²) in [6, 6.07) is 11.5. The number of benzene rings is 1. The van der Waals surface area contributed by atoms with Gasteiger partial charge in [-0.15, -0.1) is 11.3 Å². The lowest BCUT2D eigenvalue weighted by molar-refractivity contribution is 0.0754. The fourth-order valence-corrected chi connectivity index (χ4v) is 3.35. The molecule has 0 aliphatic rings. The van der Waals surface area contributed by atoms with E-state index in [0.717, 1.165) is 25.7 Å². The number of carbonyl (C=O) groups is 1. The molecule has 0 unspecified atom stereocenters. The van der Waals surface area contributed by atoms with Crippen LogP contribution in [0.1, 0.15) is 27.7 Å². The third-order valence-electron chi connectivity index (χ3n) is 3.00. The van der Waals surface area contributed by atoms with Crippen molar-refractivity contribution in [3.05, 3.63) is 56.7 Å². The second-order valence-electron chi connectivity index (χ2n) is 4.36. The average Bonchev–Trinajstić information content (AvgIpc) is 2.89. The molecule has 0 bridgehead atoms. The highest BCUT2D eigenvalue weighted by Crippen LogP contribution is 2.23. The minimum absolute atomic E-state index is 0.0538. The van der Waals surface area contributed by atoms with E-state index >= 15 is 0 Å². The Kier molecular flexibility index (Phi) is 5.64. The van der Waals surface area contributed by atoms with Gasteiger partial charge >= 0.3 is 0 Å². The highest BCUT2D eigenvalue weighted by atomic mass is 79.9. The number of halogens is 2. The molecule has 0 saturated heterocycles. The standard InChI is InChI=1S/C15H15BrClNOS/c1-2-18(10-13-7-8-14(17)20-13)15(19)12-5-3-11(9-16)4-6-12/h3-8H,2,9-10H2,1H3. The molecule has 0 N–H and O–H groups in total. The Hall–Kier alpha value is -0.840. The lowest BCUT2D eigenvalue weighted by atomic mass is 10.1. The quantitative estimate of drug-likeness (QED) is 0.679. The van der Waals surface area contributed by atoms with Gasteiger partial charge in [0.05, 0.1) is 10.9 Å². The third-order valence-corrected chi connectivity index (χ3v) is 4.86. The van der Waals surface area contributed by atoms with Crippen LogP contribution in [0.4, 0.5) is 0 Å². The topological polar surface area (TPSA) is 20.3 Å². The summed E-state index contributed by atoms with van der Waals surface area (Å²) < 4.78 is 0.755. The molecule has 0 fully saturated rings. The van der Waals surface area contributed by atoms with Crippen molar-refractivity contribution in [2.45, 2.75) is 18.8 Å². The van der Waals surface area contributed by atoms with E-state index in [4.69, 9.17) is 11.6 Å². The van der Waals surface area contributed by atoms with Crippen molar-refractivity contribution < 1.29 is 4.79 Å². The lowest BCUT2D eigenvalue weighted by Gasteiger charge is -2.20. The van der Waals surface area contributed by atoms with Crippen LogP contribution >= 0.6 is 38.9 Å². The first kappa shape index (κ1) is 15.5. The van der Waals surface area contributed by atoms with Gasteiger partial charge in [-0.3, -0.25) is 4.79 Å². The Morgan fingerprint density at radius 2 is 1.95 bits per heavy atom. The Morgan fingerprint density at radius 1 is 1.25 bits per heavy atom. The number of rotatable bonds is 5. The maximum absolute atomic E-state index is 12.5. The monoisotopic (exact) mass is 371 g/mol. The van der Waals surface area contributed by atoms with Crippen LogP contribution in [-0.4, -0.2) is 17.4 Å². The number of alkyl halides is 1. The smallest absolute Gasteiger partial charge is 0.254 e. The zero-order chi connectivity index (χ0) is 14.5. The summed E-state index contributed by atoms with van der Waals surface area (Å²) in [6.45, 7) is 3.27. The maximum atomic E-state index is 12.5. The molecule has 5 heteroatoms. The highest BCUT2D eigenvalue weighted by molar-refractivity contribution is 9.08. The van der Waals surface area contributed by atoms with Crippen LogP contribution in [0.2, 0.25) is 4.34 Å². The van der Waals surface area contributed by atoms with Gasteiger partial charge in [0.1, 0.15) is 0 Å². The van der Waals surface area contributed by atoms with Crippen molar-refractivity contribution in [1.29, 1.82) is 0 Å². The molecule has 0 radical (unpaired) electrons. The van der Waals surface area contributed by atoms with Crippen LogP contribution < -0.4 is 0 Å². The van der Waals surface area contributed by atoms with Gasteiger partial charge in [0.15, 0.2) is 0 Å². The normalized spacial score (nSPS) is 10.6. The van der Waals surface area contributed by atoms with Gasteiger partial charge in [0.2, 0.25) is 0 Å². The van der Waals surface area contributed by atoms with E-state index in [0.29, 0.717) is 13.1 Å². The molecule has 20 heavy (non-hydrogen) atoms. The zero-order valence-corrected chi connectivity index (χ0v) is 14.3. The van der Waals surface area contributed by atoms with E-state index in [1.54, 1.807) is 0 Å². The first-order chi connectivity index (χ1) is 9.63. The molecule has 0 spiro atoms. The molecule has 0 saturated carbocycles. The Balaban J connectivity index is 2.11. The lowest BCUT2D eigenvalue weighted by Crippen LogP contribution is -2.29. The van der Waals surface area contributed by atoms with Gasteiger partial charge in [0.25, 0.3) is 5.91 Å². The predicted molar refractivity (Wildman–Crippen MR) is 88.8 cm³/mol. The molecule has 1 heterocycles. The third kappa shape index (κ3) is 3.84. The predicted octanol–water partition coefficient (Wildman–Crippen LogP) is 4.96. The van der Waals surface area contributed by atoms with Crippen LogP contribution in [0.3, 0.4) is 0 Å². The zero-order valence-electron chi connectivity index (χ0n) is 11.1.